The lowest BCUT2D eigenvalue weighted by Gasteiger charge is -2.52. The average molecular weight is 565 g/mol. The minimum Gasteiger partial charge on any atom is -0.478 e. The molecular weight excluding hydrogens is 520 g/mol. The molecule has 3 heterocycles. The van der Waals surface area contributed by atoms with Gasteiger partial charge in [0, 0.05) is 50.4 Å². The number of rotatable bonds is 9. The Balaban J connectivity index is 1.27. The van der Waals surface area contributed by atoms with Crippen LogP contribution in [0.5, 0.6) is 0 Å². The first-order chi connectivity index (χ1) is 19.7. The third-order valence-electron chi connectivity index (χ3n) is 9.61. The fourth-order valence-electron chi connectivity index (χ4n) is 7.26. The predicted molar refractivity (Wildman–Crippen MR) is 156 cm³/mol. The number of hydrogen-bond acceptors (Lipinski definition) is 5. The highest BCUT2D eigenvalue weighted by atomic mass is 16.5. The molecule has 0 radical (unpaired) electrons. The number of ether oxygens (including phenoxy) is 1. The standard InChI is InChI=1S/C32H44N4O5/c1-22-19-26(23(2)36(22)27-11-9-25(10-12-27)30(38)39)21-34-15-13-32(14-16-34)31(40)33-28(20-24-7-5-4-6-8-24)29(37)35(32)17-18-41-3/h9-12,19,24,28H,4-8,13-18,20-21H2,1-3H3,(H,33,40)(H,38,39). The Morgan fingerprint density at radius 3 is 2.39 bits per heavy atom. The number of benzene rings is 1. The van der Waals surface area contributed by atoms with Crippen LogP contribution in [0.15, 0.2) is 30.3 Å². The Hall–Kier alpha value is -3.17. The van der Waals surface area contributed by atoms with Gasteiger partial charge in [0.15, 0.2) is 0 Å². The molecule has 5 rings (SSSR count). The number of likely N-dealkylation sites (tertiary alicyclic amines) is 1. The number of carbonyl (C=O) groups excluding carboxylic acids is 2. The first-order valence-electron chi connectivity index (χ1n) is 15.1. The molecular formula is C32H44N4O5. The van der Waals surface area contributed by atoms with Crippen molar-refractivity contribution in [1.82, 2.24) is 19.7 Å². The smallest absolute Gasteiger partial charge is 0.335 e. The van der Waals surface area contributed by atoms with E-state index in [1.807, 2.05) is 17.0 Å². The van der Waals surface area contributed by atoms with Gasteiger partial charge < -0.3 is 24.6 Å². The van der Waals surface area contributed by atoms with Gasteiger partial charge >= 0.3 is 5.97 Å². The van der Waals surface area contributed by atoms with Gasteiger partial charge in [0.2, 0.25) is 11.8 Å². The molecule has 1 spiro atoms. The zero-order chi connectivity index (χ0) is 29.1. The van der Waals surface area contributed by atoms with Crippen LogP contribution in [0.4, 0.5) is 0 Å². The lowest BCUT2D eigenvalue weighted by atomic mass is 9.79. The largest absolute Gasteiger partial charge is 0.478 e. The number of aryl methyl sites for hydroxylation is 1. The van der Waals surface area contributed by atoms with Crippen molar-refractivity contribution in [2.24, 2.45) is 5.92 Å². The number of nitrogens with zero attached hydrogens (tertiary/aromatic N) is 3. The maximum Gasteiger partial charge on any atom is 0.335 e. The summed E-state index contributed by atoms with van der Waals surface area (Å²) in [6.07, 6.45) is 7.92. The molecule has 2 N–H and O–H groups in total. The van der Waals surface area contributed by atoms with Gasteiger partial charge in [-0.3, -0.25) is 14.5 Å². The van der Waals surface area contributed by atoms with Crippen LogP contribution < -0.4 is 5.32 Å². The van der Waals surface area contributed by atoms with E-state index in [0.29, 0.717) is 45.0 Å². The van der Waals surface area contributed by atoms with Crippen molar-refractivity contribution in [2.75, 3.05) is 33.4 Å². The van der Waals surface area contributed by atoms with Gasteiger partial charge in [0.05, 0.1) is 12.2 Å². The van der Waals surface area contributed by atoms with Crippen molar-refractivity contribution < 1.29 is 24.2 Å². The van der Waals surface area contributed by atoms with Gasteiger partial charge in [-0.2, -0.15) is 0 Å². The summed E-state index contributed by atoms with van der Waals surface area (Å²) >= 11 is 0. The fourth-order valence-corrected chi connectivity index (χ4v) is 7.26. The molecule has 9 heteroatoms. The van der Waals surface area contributed by atoms with E-state index in [-0.39, 0.29) is 17.4 Å². The molecule has 3 fully saturated rings. The molecule has 1 aromatic carbocycles. The van der Waals surface area contributed by atoms with Crippen LogP contribution in [0.1, 0.15) is 78.7 Å². The van der Waals surface area contributed by atoms with Crippen molar-refractivity contribution in [3.63, 3.8) is 0 Å². The molecule has 41 heavy (non-hydrogen) atoms. The van der Waals surface area contributed by atoms with Gasteiger partial charge in [0.1, 0.15) is 11.6 Å². The number of piperidine rings is 1. The molecule has 1 saturated carbocycles. The Morgan fingerprint density at radius 2 is 1.76 bits per heavy atom. The highest BCUT2D eigenvalue weighted by Crippen LogP contribution is 2.36. The predicted octanol–water partition coefficient (Wildman–Crippen LogP) is 4.07. The minimum absolute atomic E-state index is 0.00310. The average Bonchev–Trinajstić information content (AvgIpc) is 3.25. The number of carboxylic acid groups (broad SMARTS) is 1. The number of aromatic nitrogens is 1. The third-order valence-corrected chi connectivity index (χ3v) is 9.61. The van der Waals surface area contributed by atoms with E-state index >= 15 is 0 Å². The topological polar surface area (TPSA) is 104 Å². The van der Waals surface area contributed by atoms with Gasteiger partial charge in [0.25, 0.3) is 0 Å². The summed E-state index contributed by atoms with van der Waals surface area (Å²) in [7, 11) is 1.64. The van der Waals surface area contributed by atoms with Crippen molar-refractivity contribution in [3.8, 4) is 5.69 Å². The number of aromatic carboxylic acids is 1. The van der Waals surface area contributed by atoms with E-state index in [4.69, 9.17) is 4.74 Å². The fraction of sp³-hybridized carbons (Fsp3) is 0.594. The number of carboxylic acids is 1. The summed E-state index contributed by atoms with van der Waals surface area (Å²) in [6.45, 7) is 7.18. The first-order valence-corrected chi connectivity index (χ1v) is 15.1. The van der Waals surface area contributed by atoms with Crippen molar-refractivity contribution >= 4 is 17.8 Å². The van der Waals surface area contributed by atoms with Crippen LogP contribution >= 0.6 is 0 Å². The number of nitrogens with one attached hydrogen (secondary N) is 1. The van der Waals surface area contributed by atoms with Crippen LogP contribution in [-0.4, -0.2) is 82.2 Å². The normalized spacial score (nSPS) is 21.8. The van der Waals surface area contributed by atoms with E-state index in [0.717, 1.165) is 42.9 Å². The second-order valence-electron chi connectivity index (χ2n) is 12.1. The number of methoxy groups -OCH3 is 1. The van der Waals surface area contributed by atoms with E-state index < -0.39 is 17.6 Å². The maximum absolute atomic E-state index is 13.8. The van der Waals surface area contributed by atoms with Gasteiger partial charge in [-0.15, -0.1) is 0 Å². The lowest BCUT2D eigenvalue weighted by Crippen LogP contribution is -2.73. The Kier molecular flexibility index (Phi) is 8.85. The SMILES string of the molecule is COCCN1C(=O)C(CC2CCCCC2)NC(=O)C12CCN(Cc1cc(C)n(-c3ccc(C(=O)O)cc3)c1C)CC2. The summed E-state index contributed by atoms with van der Waals surface area (Å²) < 4.78 is 7.51. The number of hydrogen-bond donors (Lipinski definition) is 2. The molecule has 0 bridgehead atoms. The zero-order valence-electron chi connectivity index (χ0n) is 24.7. The van der Waals surface area contributed by atoms with E-state index in [1.54, 1.807) is 19.2 Å². The quantitative estimate of drug-likeness (QED) is 0.476. The van der Waals surface area contributed by atoms with Crippen molar-refractivity contribution in [2.45, 2.75) is 83.3 Å². The number of piperazine rings is 1. The van der Waals surface area contributed by atoms with E-state index in [2.05, 4.69) is 34.7 Å². The van der Waals surface area contributed by atoms with E-state index in [1.165, 1.54) is 24.8 Å². The van der Waals surface area contributed by atoms with Crippen molar-refractivity contribution in [3.05, 3.63) is 52.8 Å². The van der Waals surface area contributed by atoms with Crippen molar-refractivity contribution in [1.29, 1.82) is 0 Å². The first kappa shape index (κ1) is 29.3. The van der Waals surface area contributed by atoms with E-state index in [9.17, 15) is 19.5 Å². The molecule has 2 aliphatic heterocycles. The molecule has 1 aliphatic carbocycles. The third kappa shape index (κ3) is 5.93. The van der Waals surface area contributed by atoms with Crippen LogP contribution in [0.2, 0.25) is 0 Å². The minimum atomic E-state index is -0.935. The molecule has 2 saturated heterocycles. The Bertz CT molecular complexity index is 1260. The zero-order valence-corrected chi connectivity index (χ0v) is 24.7. The summed E-state index contributed by atoms with van der Waals surface area (Å²) in [5.41, 5.74) is 3.78. The lowest BCUT2D eigenvalue weighted by molar-refractivity contribution is -0.162. The summed E-state index contributed by atoms with van der Waals surface area (Å²) in [6, 6.07) is 8.70. The molecule has 1 unspecified atom stereocenters. The number of amides is 2. The maximum atomic E-state index is 13.8. The highest BCUT2D eigenvalue weighted by Gasteiger charge is 2.53. The summed E-state index contributed by atoms with van der Waals surface area (Å²) in [5.74, 6) is -0.378. The molecule has 222 valence electrons. The summed E-state index contributed by atoms with van der Waals surface area (Å²) in [5, 5.41) is 12.4. The monoisotopic (exact) mass is 564 g/mol. The van der Waals surface area contributed by atoms with Gasteiger partial charge in [-0.25, -0.2) is 4.79 Å². The Labute approximate surface area is 242 Å². The van der Waals surface area contributed by atoms with Crippen LogP contribution in [0.25, 0.3) is 5.69 Å². The molecule has 9 nitrogen and oxygen atoms in total. The summed E-state index contributed by atoms with van der Waals surface area (Å²) in [4.78, 5) is 43.0. The molecule has 3 aliphatic rings. The van der Waals surface area contributed by atoms with Crippen LogP contribution in [0.3, 0.4) is 0 Å². The second kappa shape index (κ2) is 12.4. The Morgan fingerprint density at radius 1 is 1.07 bits per heavy atom. The molecule has 1 atom stereocenters. The molecule has 2 aromatic rings. The molecule has 2 amide bonds. The van der Waals surface area contributed by atoms with Gasteiger partial charge in [-0.05, 0) is 74.9 Å². The van der Waals surface area contributed by atoms with Crippen LogP contribution in [-0.2, 0) is 20.9 Å². The second-order valence-corrected chi connectivity index (χ2v) is 12.1. The molecule has 1 aromatic heterocycles. The van der Waals surface area contributed by atoms with Gasteiger partial charge in [-0.1, -0.05) is 32.1 Å². The highest BCUT2D eigenvalue weighted by molar-refractivity contribution is 6.00. The van der Waals surface area contributed by atoms with Crippen LogP contribution in [0, 0.1) is 19.8 Å². The number of carbonyl (C=O) groups is 3.